The van der Waals surface area contributed by atoms with E-state index in [0.717, 1.165) is 31.5 Å². The summed E-state index contributed by atoms with van der Waals surface area (Å²) in [4.78, 5) is 7.39. The van der Waals surface area contributed by atoms with E-state index in [1.807, 2.05) is 0 Å². The molecule has 1 heterocycles. The molecule has 0 bridgehead atoms. The summed E-state index contributed by atoms with van der Waals surface area (Å²) in [5.41, 5.74) is 2.77. The number of guanidine groups is 1. The molecule has 0 unspecified atom stereocenters. The molecule has 3 rings (SSSR count). The topological polar surface area (TPSA) is 39.7 Å². The van der Waals surface area contributed by atoms with E-state index < -0.39 is 0 Å². The Balaban J connectivity index is 1.41. The van der Waals surface area contributed by atoms with Gasteiger partial charge in [-0.2, -0.15) is 0 Å². The summed E-state index contributed by atoms with van der Waals surface area (Å²) in [5, 5.41) is 6.87. The maximum atomic E-state index is 4.81. The Kier molecular flexibility index (Phi) is 6.13. The summed E-state index contributed by atoms with van der Waals surface area (Å²) in [7, 11) is 0. The zero-order valence-electron chi connectivity index (χ0n) is 15.2. The number of rotatable bonds is 6. The Bertz CT molecular complexity index is 525. The maximum absolute atomic E-state index is 4.81. The van der Waals surface area contributed by atoms with Crippen LogP contribution in [0.4, 0.5) is 0 Å². The smallest absolute Gasteiger partial charge is 0.191 e. The Morgan fingerprint density at radius 3 is 2.46 bits per heavy atom. The molecule has 4 heteroatoms. The van der Waals surface area contributed by atoms with Crippen LogP contribution in [0.3, 0.4) is 0 Å². The molecule has 1 aliphatic heterocycles. The molecule has 0 aromatic heterocycles. The second kappa shape index (κ2) is 8.52. The van der Waals surface area contributed by atoms with Crippen molar-refractivity contribution in [3.05, 3.63) is 35.4 Å². The third-order valence-corrected chi connectivity index (χ3v) is 5.00. The third kappa shape index (κ3) is 5.52. The molecular formula is C20H32N4. The summed E-state index contributed by atoms with van der Waals surface area (Å²) < 4.78 is 0. The molecule has 0 radical (unpaired) electrons. The van der Waals surface area contributed by atoms with Gasteiger partial charge in [-0.25, -0.2) is 0 Å². The summed E-state index contributed by atoms with van der Waals surface area (Å²) in [5.74, 6) is 1.75. The van der Waals surface area contributed by atoms with Gasteiger partial charge in [0.25, 0.3) is 0 Å². The Morgan fingerprint density at radius 1 is 1.12 bits per heavy atom. The predicted octanol–water partition coefficient (Wildman–Crippen LogP) is 2.92. The van der Waals surface area contributed by atoms with Gasteiger partial charge in [0, 0.05) is 25.7 Å². The fourth-order valence-corrected chi connectivity index (χ4v) is 3.24. The number of nitrogens with one attached hydrogen (secondary N) is 2. The minimum atomic E-state index is 0.666. The van der Waals surface area contributed by atoms with Crippen molar-refractivity contribution in [2.75, 3.05) is 26.2 Å². The molecule has 0 amide bonds. The number of aryl methyl sites for hydroxylation is 1. The first-order chi connectivity index (χ1) is 11.7. The lowest BCUT2D eigenvalue weighted by Gasteiger charge is -2.31. The zero-order chi connectivity index (χ0) is 16.8. The van der Waals surface area contributed by atoms with Crippen LogP contribution in [-0.2, 0) is 6.54 Å². The summed E-state index contributed by atoms with van der Waals surface area (Å²) in [6.45, 7) is 9.65. The highest BCUT2D eigenvalue weighted by Crippen LogP contribution is 2.20. The van der Waals surface area contributed by atoms with E-state index in [2.05, 4.69) is 53.6 Å². The van der Waals surface area contributed by atoms with Crippen molar-refractivity contribution in [3.63, 3.8) is 0 Å². The van der Waals surface area contributed by atoms with Crippen molar-refractivity contribution in [1.82, 2.24) is 15.5 Å². The van der Waals surface area contributed by atoms with E-state index >= 15 is 0 Å². The second-order valence-electron chi connectivity index (χ2n) is 7.34. The van der Waals surface area contributed by atoms with E-state index in [1.165, 1.54) is 49.9 Å². The highest BCUT2D eigenvalue weighted by molar-refractivity contribution is 5.80. The summed E-state index contributed by atoms with van der Waals surface area (Å²) in [6.07, 6.45) is 5.11. The Morgan fingerprint density at radius 2 is 1.83 bits per heavy atom. The van der Waals surface area contributed by atoms with E-state index in [4.69, 9.17) is 4.99 Å². The fourth-order valence-electron chi connectivity index (χ4n) is 3.24. The average molecular weight is 329 g/mol. The van der Waals surface area contributed by atoms with Crippen LogP contribution < -0.4 is 10.6 Å². The van der Waals surface area contributed by atoms with Crippen molar-refractivity contribution >= 4 is 5.96 Å². The first kappa shape index (κ1) is 17.3. The number of hydrogen-bond acceptors (Lipinski definition) is 2. The van der Waals surface area contributed by atoms with E-state index in [9.17, 15) is 0 Å². The molecule has 1 saturated heterocycles. The molecule has 0 atom stereocenters. The highest BCUT2D eigenvalue weighted by Gasteiger charge is 2.23. The molecule has 24 heavy (non-hydrogen) atoms. The summed E-state index contributed by atoms with van der Waals surface area (Å²) in [6, 6.07) is 9.62. The Labute approximate surface area is 146 Å². The molecule has 132 valence electrons. The third-order valence-electron chi connectivity index (χ3n) is 5.00. The van der Waals surface area contributed by atoms with Gasteiger partial charge in [0.2, 0.25) is 0 Å². The van der Waals surface area contributed by atoms with Gasteiger partial charge < -0.3 is 10.6 Å². The molecule has 2 aliphatic rings. The lowest BCUT2D eigenvalue weighted by atomic mass is 9.96. The number of nitrogens with zero attached hydrogens (tertiary/aromatic N) is 2. The van der Waals surface area contributed by atoms with Crippen LogP contribution in [-0.4, -0.2) is 43.1 Å². The van der Waals surface area contributed by atoms with Crippen LogP contribution in [0.5, 0.6) is 0 Å². The lowest BCUT2D eigenvalue weighted by Crippen LogP contribution is -2.39. The largest absolute Gasteiger partial charge is 0.357 e. The first-order valence-corrected chi connectivity index (χ1v) is 9.55. The van der Waals surface area contributed by atoms with Crippen LogP contribution in [0.1, 0.15) is 43.7 Å². The van der Waals surface area contributed by atoms with E-state index in [-0.39, 0.29) is 0 Å². The van der Waals surface area contributed by atoms with Gasteiger partial charge in [-0.05, 0) is 64.1 Å². The number of benzene rings is 1. The summed E-state index contributed by atoms with van der Waals surface area (Å²) >= 11 is 0. The van der Waals surface area contributed by atoms with Crippen LogP contribution in [0.25, 0.3) is 0 Å². The second-order valence-corrected chi connectivity index (χ2v) is 7.34. The van der Waals surface area contributed by atoms with Crippen LogP contribution in [0, 0.1) is 12.8 Å². The highest BCUT2D eigenvalue weighted by atomic mass is 15.2. The van der Waals surface area contributed by atoms with Crippen molar-refractivity contribution in [2.45, 2.75) is 52.1 Å². The van der Waals surface area contributed by atoms with Crippen molar-refractivity contribution < 1.29 is 0 Å². The molecule has 1 aromatic rings. The van der Waals surface area contributed by atoms with E-state index in [1.54, 1.807) is 0 Å². The molecule has 0 spiro atoms. The van der Waals surface area contributed by atoms with Crippen LogP contribution in [0.2, 0.25) is 0 Å². The standard InChI is InChI=1S/C20H32N4/c1-3-21-20(23-19-8-9-19)22-14-17-10-12-24(13-11-17)15-18-6-4-16(2)5-7-18/h4-7,17,19H,3,8-15H2,1-2H3,(H2,21,22,23). The van der Waals surface area contributed by atoms with Gasteiger partial charge in [-0.15, -0.1) is 0 Å². The van der Waals surface area contributed by atoms with Crippen molar-refractivity contribution in [3.8, 4) is 0 Å². The zero-order valence-corrected chi connectivity index (χ0v) is 15.2. The first-order valence-electron chi connectivity index (χ1n) is 9.55. The average Bonchev–Trinajstić information content (AvgIpc) is 3.40. The van der Waals surface area contributed by atoms with Gasteiger partial charge in [0.15, 0.2) is 5.96 Å². The van der Waals surface area contributed by atoms with Crippen LogP contribution in [0.15, 0.2) is 29.3 Å². The van der Waals surface area contributed by atoms with Crippen molar-refractivity contribution in [1.29, 1.82) is 0 Å². The molecule has 4 nitrogen and oxygen atoms in total. The normalized spacial score (nSPS) is 20.2. The fraction of sp³-hybridized carbons (Fsp3) is 0.650. The minimum absolute atomic E-state index is 0.666. The quantitative estimate of drug-likeness (QED) is 0.623. The number of likely N-dealkylation sites (tertiary alicyclic amines) is 1. The van der Waals surface area contributed by atoms with Gasteiger partial charge in [0.05, 0.1) is 0 Å². The van der Waals surface area contributed by atoms with Crippen LogP contribution >= 0.6 is 0 Å². The maximum Gasteiger partial charge on any atom is 0.191 e. The predicted molar refractivity (Wildman–Crippen MR) is 101 cm³/mol. The van der Waals surface area contributed by atoms with Gasteiger partial charge in [-0.1, -0.05) is 29.8 Å². The van der Waals surface area contributed by atoms with Crippen molar-refractivity contribution in [2.24, 2.45) is 10.9 Å². The van der Waals surface area contributed by atoms with E-state index in [0.29, 0.717) is 6.04 Å². The molecule has 1 saturated carbocycles. The lowest BCUT2D eigenvalue weighted by molar-refractivity contribution is 0.180. The van der Waals surface area contributed by atoms with Gasteiger partial charge in [0.1, 0.15) is 0 Å². The SMILES string of the molecule is CCNC(=NCC1CCN(Cc2ccc(C)cc2)CC1)NC1CC1. The molecular weight excluding hydrogens is 296 g/mol. The Hall–Kier alpha value is -1.55. The number of hydrogen-bond donors (Lipinski definition) is 2. The monoisotopic (exact) mass is 328 g/mol. The van der Waals surface area contributed by atoms with Gasteiger partial charge >= 0.3 is 0 Å². The molecule has 1 aromatic carbocycles. The number of piperidine rings is 1. The molecule has 1 aliphatic carbocycles. The van der Waals surface area contributed by atoms with Gasteiger partial charge in [-0.3, -0.25) is 9.89 Å². The molecule has 2 N–H and O–H groups in total. The molecule has 2 fully saturated rings. The minimum Gasteiger partial charge on any atom is -0.357 e. The number of aliphatic imine (C=N–C) groups is 1.